The summed E-state index contributed by atoms with van der Waals surface area (Å²) in [4.78, 5) is 27.6. The van der Waals surface area contributed by atoms with E-state index in [4.69, 9.17) is 14.6 Å². The lowest BCUT2D eigenvalue weighted by Crippen LogP contribution is -2.64. The quantitative estimate of drug-likeness (QED) is 0.103. The zero-order valence-electron chi connectivity index (χ0n) is 26.8. The molecule has 13 nitrogen and oxygen atoms in total. The van der Waals surface area contributed by atoms with Crippen molar-refractivity contribution < 1.29 is 71.3 Å². The summed E-state index contributed by atoms with van der Waals surface area (Å²) in [7, 11) is 0. The second kappa shape index (κ2) is 16.9. The van der Waals surface area contributed by atoms with Gasteiger partial charge >= 0.3 is 12.3 Å². The van der Waals surface area contributed by atoms with Gasteiger partial charge < -0.3 is 54.9 Å². The van der Waals surface area contributed by atoms with Crippen molar-refractivity contribution in [2.24, 2.45) is 11.8 Å². The number of piperidine rings is 1. The van der Waals surface area contributed by atoms with E-state index in [2.05, 4.69) is 10.1 Å². The zero-order chi connectivity index (χ0) is 35.9. The second-order valence-electron chi connectivity index (χ2n) is 12.9. The van der Waals surface area contributed by atoms with E-state index in [0.717, 1.165) is 12.1 Å². The number of alkyl halides is 3. The normalized spacial score (nSPS) is 20.9. The molecule has 0 saturated carbocycles. The number of carbonyl (C=O) groups excluding carboxylic acids is 2. The van der Waals surface area contributed by atoms with Crippen LogP contribution >= 0.6 is 0 Å². The molecule has 0 spiro atoms. The largest absolute Gasteiger partial charge is 0.493 e. The van der Waals surface area contributed by atoms with Gasteiger partial charge in [0.1, 0.15) is 35.7 Å². The maximum Gasteiger partial charge on any atom is 0.433 e. The highest BCUT2D eigenvalue weighted by atomic mass is 19.4. The van der Waals surface area contributed by atoms with Crippen LogP contribution in [0.15, 0.2) is 12.1 Å². The Bertz CT molecular complexity index is 1240. The zero-order valence-corrected chi connectivity index (χ0v) is 26.8. The predicted molar refractivity (Wildman–Crippen MR) is 159 cm³/mol. The number of aliphatic hydroxyl groups excluding tert-OH is 5. The third kappa shape index (κ3) is 9.89. The van der Waals surface area contributed by atoms with Crippen molar-refractivity contribution in [3.8, 4) is 5.75 Å². The van der Waals surface area contributed by atoms with Gasteiger partial charge in [-0.15, -0.1) is 0 Å². The Kier molecular flexibility index (Phi) is 13.4. The first-order valence-corrected chi connectivity index (χ1v) is 16.2. The van der Waals surface area contributed by atoms with Gasteiger partial charge in [-0.3, -0.25) is 4.79 Å². The molecule has 1 aromatic carbocycles. The van der Waals surface area contributed by atoms with E-state index in [1.54, 1.807) is 0 Å². The highest BCUT2D eigenvalue weighted by molar-refractivity contribution is 5.79. The fraction of sp³-hybridized carbons (Fsp3) is 0.742. The van der Waals surface area contributed by atoms with E-state index in [0.29, 0.717) is 45.3 Å². The highest BCUT2D eigenvalue weighted by Gasteiger charge is 2.64. The monoisotopic (exact) mass is 713 g/mol. The first kappa shape index (κ1) is 38.9. The molecule has 18 heteroatoms. The minimum absolute atomic E-state index is 0.0194. The molecule has 4 atom stereocenters. The first-order valence-electron chi connectivity index (χ1n) is 16.2. The maximum absolute atomic E-state index is 14.8. The van der Waals surface area contributed by atoms with E-state index >= 15 is 0 Å². The van der Waals surface area contributed by atoms with Crippen molar-refractivity contribution in [3.63, 3.8) is 0 Å². The van der Waals surface area contributed by atoms with Crippen LogP contribution in [-0.2, 0) is 20.7 Å². The lowest BCUT2D eigenvalue weighted by Gasteiger charge is -2.43. The molecule has 4 rings (SSSR count). The number of nitrogens with one attached hydrogen (secondary N) is 1. The van der Waals surface area contributed by atoms with Crippen LogP contribution < -0.4 is 10.1 Å². The molecule has 0 bridgehead atoms. The molecule has 49 heavy (non-hydrogen) atoms. The summed E-state index contributed by atoms with van der Waals surface area (Å²) < 4.78 is 84.2. The molecule has 0 aromatic heterocycles. The van der Waals surface area contributed by atoms with E-state index < -0.39 is 91.6 Å². The number of halogens is 5. The predicted octanol–water partition coefficient (Wildman–Crippen LogP) is 0.330. The first-order chi connectivity index (χ1) is 23.1. The van der Waals surface area contributed by atoms with Crippen molar-refractivity contribution in [2.75, 3.05) is 65.7 Å². The Morgan fingerprint density at radius 3 is 2.14 bits per heavy atom. The van der Waals surface area contributed by atoms with E-state index in [-0.39, 0.29) is 43.8 Å². The number of benzene rings is 1. The van der Waals surface area contributed by atoms with Gasteiger partial charge in [-0.25, -0.2) is 13.6 Å². The fourth-order valence-corrected chi connectivity index (χ4v) is 5.88. The number of ether oxygens (including phenoxy) is 3. The lowest BCUT2D eigenvalue weighted by atomic mass is 9.92. The molecule has 6 N–H and O–H groups in total. The van der Waals surface area contributed by atoms with Crippen LogP contribution in [0.2, 0.25) is 0 Å². The Morgan fingerprint density at radius 2 is 1.59 bits per heavy atom. The number of hydrogen-bond acceptors (Lipinski definition) is 11. The van der Waals surface area contributed by atoms with Gasteiger partial charge in [0.25, 0.3) is 5.60 Å². The number of carbonyl (C=O) groups is 2. The van der Waals surface area contributed by atoms with Gasteiger partial charge in [0.05, 0.1) is 39.0 Å². The van der Waals surface area contributed by atoms with Crippen LogP contribution in [0, 0.1) is 23.5 Å². The van der Waals surface area contributed by atoms with Crippen LogP contribution in [0.4, 0.5) is 26.7 Å². The van der Waals surface area contributed by atoms with Gasteiger partial charge in [-0.1, -0.05) is 0 Å². The summed E-state index contributed by atoms with van der Waals surface area (Å²) in [5.74, 6) is -2.21. The lowest BCUT2D eigenvalue weighted by molar-refractivity contribution is -0.333. The van der Waals surface area contributed by atoms with Crippen LogP contribution in [0.3, 0.4) is 0 Å². The molecule has 3 fully saturated rings. The Balaban J connectivity index is 1.10. The van der Waals surface area contributed by atoms with E-state index in [1.165, 1.54) is 9.80 Å². The third-order valence-electron chi connectivity index (χ3n) is 9.23. The molecule has 0 unspecified atom stereocenters. The number of hydrogen-bond donors (Lipinski definition) is 6. The fourth-order valence-electron chi connectivity index (χ4n) is 5.88. The summed E-state index contributed by atoms with van der Waals surface area (Å²) in [5.41, 5.74) is -2.99. The van der Waals surface area contributed by atoms with Crippen molar-refractivity contribution in [3.05, 3.63) is 29.3 Å². The van der Waals surface area contributed by atoms with Crippen LogP contribution in [-0.4, -0.2) is 149 Å². The highest BCUT2D eigenvalue weighted by Crippen LogP contribution is 2.40. The van der Waals surface area contributed by atoms with Crippen molar-refractivity contribution in [1.29, 1.82) is 0 Å². The number of amides is 2. The number of rotatable bonds is 16. The molecular formula is C31H44F5N3O10. The Labute approximate surface area is 279 Å². The summed E-state index contributed by atoms with van der Waals surface area (Å²) in [5, 5.41) is 50.5. The molecule has 3 aliphatic rings. The minimum atomic E-state index is -4.72. The molecule has 3 saturated heterocycles. The minimum Gasteiger partial charge on any atom is -0.493 e. The number of aliphatic hydroxyl groups is 5. The van der Waals surface area contributed by atoms with E-state index in [9.17, 15) is 52.0 Å². The van der Waals surface area contributed by atoms with Crippen LogP contribution in [0.5, 0.6) is 5.75 Å². The Morgan fingerprint density at radius 1 is 0.980 bits per heavy atom. The number of nitrogens with zero attached hydrogens (tertiary/aromatic N) is 2. The van der Waals surface area contributed by atoms with Crippen molar-refractivity contribution in [1.82, 2.24) is 15.1 Å². The summed E-state index contributed by atoms with van der Waals surface area (Å²) in [6.07, 6.45) is -10.4. The molecule has 278 valence electrons. The average Bonchev–Trinajstić information content (AvgIpc) is 3.02. The standard InChI is InChI=1S/C31H44F5N3O10/c32-22-8-20(48-7-1-2-18-3-5-38(6-4-18)29(46)49-30(16-47-17-30)31(34,35)36)9-23(33)21(22)10-26(43)39-13-19(14-39)11-37-12-24(41)27(44)28(45)25(42)15-40/h8-9,18-19,24-25,27-28,37,40-42,44-45H,1-7,10-17H2/t24-,25+,27+,28+/m0/s1. The maximum atomic E-state index is 14.8. The summed E-state index contributed by atoms with van der Waals surface area (Å²) in [6.45, 7) is -0.768. The molecule has 0 aliphatic carbocycles. The van der Waals surface area contributed by atoms with Gasteiger partial charge in [0.2, 0.25) is 5.91 Å². The number of likely N-dealkylation sites (tertiary alicyclic amines) is 2. The molecule has 3 heterocycles. The van der Waals surface area contributed by atoms with E-state index in [1.807, 2.05) is 0 Å². The van der Waals surface area contributed by atoms with Gasteiger partial charge in [0.15, 0.2) is 0 Å². The molecule has 3 aliphatic heterocycles. The van der Waals surface area contributed by atoms with Crippen LogP contribution in [0.1, 0.15) is 31.2 Å². The van der Waals surface area contributed by atoms with Crippen molar-refractivity contribution in [2.45, 2.75) is 68.3 Å². The van der Waals surface area contributed by atoms with Gasteiger partial charge in [-0.05, 0) is 31.6 Å². The molecular weight excluding hydrogens is 669 g/mol. The smallest absolute Gasteiger partial charge is 0.433 e. The average molecular weight is 714 g/mol. The van der Waals surface area contributed by atoms with Gasteiger partial charge in [-0.2, -0.15) is 13.2 Å². The SMILES string of the molecule is O=C(Cc1c(F)cc(OCCCC2CCN(C(=O)OC3(C(F)(F)F)COC3)CC2)cc1F)N1CC(CNC[C@H](O)[C@@H](O)[C@H](O)[C@H](O)CO)C1. The third-order valence-corrected chi connectivity index (χ3v) is 9.23. The van der Waals surface area contributed by atoms with Crippen LogP contribution in [0.25, 0.3) is 0 Å². The molecule has 1 aromatic rings. The molecule has 2 amide bonds. The topological polar surface area (TPSA) is 181 Å². The Hall–Kier alpha value is -2.87. The summed E-state index contributed by atoms with van der Waals surface area (Å²) in [6, 6.07) is 2.02. The second-order valence-corrected chi connectivity index (χ2v) is 12.9. The molecule has 0 radical (unpaired) electrons. The van der Waals surface area contributed by atoms with Gasteiger partial charge in [0, 0.05) is 62.9 Å². The van der Waals surface area contributed by atoms with Crippen molar-refractivity contribution >= 4 is 12.0 Å². The summed E-state index contributed by atoms with van der Waals surface area (Å²) >= 11 is 0.